The van der Waals surface area contributed by atoms with Crippen LogP contribution in [0.25, 0.3) is 0 Å². The van der Waals surface area contributed by atoms with E-state index in [1.54, 1.807) is 25.3 Å². The molecule has 0 radical (unpaired) electrons. The third-order valence-electron chi connectivity index (χ3n) is 2.84. The molecule has 1 atom stereocenters. The summed E-state index contributed by atoms with van der Waals surface area (Å²) in [7, 11) is 1.64. The van der Waals surface area contributed by atoms with Crippen molar-refractivity contribution in [3.05, 3.63) is 53.1 Å². The van der Waals surface area contributed by atoms with Crippen molar-refractivity contribution >= 4 is 17.3 Å². The van der Waals surface area contributed by atoms with Crippen LogP contribution in [0.1, 0.15) is 18.6 Å². The summed E-state index contributed by atoms with van der Waals surface area (Å²) in [6.45, 7) is 1.97. The molecule has 100 valence electrons. The summed E-state index contributed by atoms with van der Waals surface area (Å²) in [4.78, 5) is 0. The lowest BCUT2D eigenvalue weighted by atomic mass is 10.1. The third-order valence-corrected chi connectivity index (χ3v) is 3.19. The topological polar surface area (TPSA) is 44.5 Å². The Balaban J connectivity index is 2.15. The van der Waals surface area contributed by atoms with Crippen LogP contribution in [0, 0.1) is 0 Å². The highest BCUT2D eigenvalue weighted by molar-refractivity contribution is 6.33. The fourth-order valence-corrected chi connectivity index (χ4v) is 1.88. The third kappa shape index (κ3) is 3.32. The largest absolute Gasteiger partial charge is 0.497 e. The van der Waals surface area contributed by atoms with Gasteiger partial charge in [-0.25, -0.2) is 0 Å². The van der Waals surface area contributed by atoms with E-state index in [1.807, 2.05) is 31.2 Å². The fraction of sp³-hybridized carbons (Fsp3) is 0.200. The van der Waals surface area contributed by atoms with E-state index in [2.05, 4.69) is 0 Å². The summed E-state index contributed by atoms with van der Waals surface area (Å²) in [5, 5.41) is 0.529. The first-order chi connectivity index (χ1) is 9.10. The molecule has 0 saturated heterocycles. The van der Waals surface area contributed by atoms with Gasteiger partial charge in [-0.2, -0.15) is 0 Å². The number of hydrogen-bond acceptors (Lipinski definition) is 3. The zero-order valence-electron chi connectivity index (χ0n) is 10.9. The summed E-state index contributed by atoms with van der Waals surface area (Å²) in [6.07, 6.45) is -0.101. The number of nitrogen functional groups attached to an aromatic ring is 1. The maximum absolute atomic E-state index is 5.88. The molecular weight excluding hydrogens is 262 g/mol. The molecule has 2 N–H and O–H groups in total. The lowest BCUT2D eigenvalue weighted by molar-refractivity contribution is 0.226. The van der Waals surface area contributed by atoms with E-state index in [9.17, 15) is 0 Å². The lowest BCUT2D eigenvalue weighted by Gasteiger charge is -2.16. The second-order valence-electron chi connectivity index (χ2n) is 4.22. The summed E-state index contributed by atoms with van der Waals surface area (Å²) >= 11 is 5.88. The molecule has 0 aromatic heterocycles. The van der Waals surface area contributed by atoms with Crippen molar-refractivity contribution in [2.75, 3.05) is 12.8 Å². The predicted octanol–water partition coefficient (Wildman–Crippen LogP) is 4.07. The number of methoxy groups -OCH3 is 1. The van der Waals surface area contributed by atoms with Crippen molar-refractivity contribution in [3.63, 3.8) is 0 Å². The van der Waals surface area contributed by atoms with Gasteiger partial charge in [-0.15, -0.1) is 0 Å². The monoisotopic (exact) mass is 277 g/mol. The molecule has 0 amide bonds. The van der Waals surface area contributed by atoms with Crippen LogP contribution >= 0.6 is 11.6 Å². The number of rotatable bonds is 4. The second kappa shape index (κ2) is 5.85. The van der Waals surface area contributed by atoms with Crippen molar-refractivity contribution in [1.82, 2.24) is 0 Å². The van der Waals surface area contributed by atoms with Gasteiger partial charge < -0.3 is 15.2 Å². The van der Waals surface area contributed by atoms with Crippen LogP contribution in [-0.2, 0) is 0 Å². The van der Waals surface area contributed by atoms with E-state index in [0.717, 1.165) is 11.3 Å². The number of hydrogen-bond donors (Lipinski definition) is 1. The van der Waals surface area contributed by atoms with Gasteiger partial charge in [0.2, 0.25) is 0 Å². The molecule has 0 aliphatic rings. The zero-order valence-corrected chi connectivity index (χ0v) is 11.6. The average Bonchev–Trinajstić information content (AvgIpc) is 2.43. The highest BCUT2D eigenvalue weighted by atomic mass is 35.5. The molecule has 3 nitrogen and oxygen atoms in total. The van der Waals surface area contributed by atoms with Gasteiger partial charge in [-0.05, 0) is 36.8 Å². The van der Waals surface area contributed by atoms with Crippen LogP contribution in [0.15, 0.2) is 42.5 Å². The van der Waals surface area contributed by atoms with Crippen LogP contribution in [0.4, 0.5) is 5.69 Å². The molecule has 1 unspecified atom stereocenters. The van der Waals surface area contributed by atoms with Crippen molar-refractivity contribution in [2.24, 2.45) is 0 Å². The summed E-state index contributed by atoms with van der Waals surface area (Å²) in [6, 6.07) is 13.0. The van der Waals surface area contributed by atoms with Gasteiger partial charge in [0.15, 0.2) is 0 Å². The van der Waals surface area contributed by atoms with Crippen LogP contribution in [0.3, 0.4) is 0 Å². The Kier molecular flexibility index (Phi) is 4.17. The fourth-order valence-electron chi connectivity index (χ4n) is 1.76. The first kappa shape index (κ1) is 13.6. The van der Waals surface area contributed by atoms with Gasteiger partial charge in [0.05, 0.1) is 17.8 Å². The normalized spacial score (nSPS) is 11.9. The first-order valence-corrected chi connectivity index (χ1v) is 6.33. The predicted molar refractivity (Wildman–Crippen MR) is 77.9 cm³/mol. The molecular formula is C15H16ClNO2. The Morgan fingerprint density at radius 3 is 2.58 bits per heavy atom. The smallest absolute Gasteiger partial charge is 0.122 e. The first-order valence-electron chi connectivity index (χ1n) is 5.96. The van der Waals surface area contributed by atoms with E-state index in [0.29, 0.717) is 16.5 Å². The Bertz CT molecular complexity index is 572. The molecule has 2 aromatic carbocycles. The Hall–Kier alpha value is -1.87. The molecule has 0 fully saturated rings. The van der Waals surface area contributed by atoms with Gasteiger partial charge >= 0.3 is 0 Å². The maximum Gasteiger partial charge on any atom is 0.122 e. The molecule has 0 aliphatic carbocycles. The summed E-state index contributed by atoms with van der Waals surface area (Å²) in [5.74, 6) is 1.50. The van der Waals surface area contributed by atoms with Crippen LogP contribution in [0.2, 0.25) is 5.02 Å². The minimum absolute atomic E-state index is 0.101. The minimum Gasteiger partial charge on any atom is -0.497 e. The maximum atomic E-state index is 5.88. The second-order valence-corrected chi connectivity index (χ2v) is 4.63. The van der Waals surface area contributed by atoms with Crippen molar-refractivity contribution in [1.29, 1.82) is 0 Å². The standard InChI is InChI=1S/C15H16ClNO2/c1-10(11-4-3-5-12(8-11)18-2)19-13-6-7-14(16)15(17)9-13/h3-10H,17H2,1-2H3. The van der Waals surface area contributed by atoms with Gasteiger partial charge in [-0.1, -0.05) is 23.7 Å². The lowest BCUT2D eigenvalue weighted by Crippen LogP contribution is -2.03. The quantitative estimate of drug-likeness (QED) is 0.857. The van der Waals surface area contributed by atoms with Crippen molar-refractivity contribution < 1.29 is 9.47 Å². The molecule has 4 heteroatoms. The summed E-state index contributed by atoms with van der Waals surface area (Å²) in [5.41, 5.74) is 7.29. The number of anilines is 1. The molecule has 0 bridgehead atoms. The number of benzene rings is 2. The number of ether oxygens (including phenoxy) is 2. The minimum atomic E-state index is -0.101. The van der Waals surface area contributed by atoms with Crippen molar-refractivity contribution in [3.8, 4) is 11.5 Å². The molecule has 2 rings (SSSR count). The highest BCUT2D eigenvalue weighted by Gasteiger charge is 2.09. The molecule has 0 heterocycles. The van der Waals surface area contributed by atoms with Gasteiger partial charge in [-0.3, -0.25) is 0 Å². The van der Waals surface area contributed by atoms with Crippen molar-refractivity contribution in [2.45, 2.75) is 13.0 Å². The van der Waals surface area contributed by atoms with Crippen LogP contribution in [0.5, 0.6) is 11.5 Å². The van der Waals surface area contributed by atoms with Gasteiger partial charge in [0.25, 0.3) is 0 Å². The summed E-state index contributed by atoms with van der Waals surface area (Å²) < 4.78 is 11.0. The zero-order chi connectivity index (χ0) is 13.8. The average molecular weight is 278 g/mol. The van der Waals surface area contributed by atoms with E-state index >= 15 is 0 Å². The Labute approximate surface area is 117 Å². The van der Waals surface area contributed by atoms with Gasteiger partial charge in [0, 0.05) is 6.07 Å². The van der Waals surface area contributed by atoms with Crippen LogP contribution in [-0.4, -0.2) is 7.11 Å². The Morgan fingerprint density at radius 2 is 1.89 bits per heavy atom. The number of nitrogens with two attached hydrogens (primary N) is 1. The van der Waals surface area contributed by atoms with E-state index < -0.39 is 0 Å². The highest BCUT2D eigenvalue weighted by Crippen LogP contribution is 2.28. The molecule has 0 saturated carbocycles. The van der Waals surface area contributed by atoms with Gasteiger partial charge in [0.1, 0.15) is 17.6 Å². The van der Waals surface area contributed by atoms with Crippen LogP contribution < -0.4 is 15.2 Å². The molecule has 0 spiro atoms. The Morgan fingerprint density at radius 1 is 1.11 bits per heavy atom. The van der Waals surface area contributed by atoms with E-state index in [4.69, 9.17) is 26.8 Å². The van der Waals surface area contributed by atoms with E-state index in [-0.39, 0.29) is 6.10 Å². The SMILES string of the molecule is COc1cccc(C(C)Oc2ccc(Cl)c(N)c2)c1. The van der Waals surface area contributed by atoms with E-state index in [1.165, 1.54) is 0 Å². The molecule has 0 aliphatic heterocycles. The number of halogens is 1. The molecule has 2 aromatic rings. The molecule has 19 heavy (non-hydrogen) atoms.